The number of amides is 1. The van der Waals surface area contributed by atoms with Crippen LogP contribution in [0.4, 0.5) is 0 Å². The lowest BCUT2D eigenvalue weighted by molar-refractivity contribution is -0.129. The summed E-state index contributed by atoms with van der Waals surface area (Å²) in [5.74, 6) is 1.79. The van der Waals surface area contributed by atoms with Crippen molar-refractivity contribution in [3.05, 3.63) is 65.0 Å². The van der Waals surface area contributed by atoms with E-state index >= 15 is 0 Å². The van der Waals surface area contributed by atoms with Crippen molar-refractivity contribution in [3.8, 4) is 5.75 Å². The van der Waals surface area contributed by atoms with Crippen LogP contribution in [0.5, 0.6) is 5.75 Å². The molecule has 0 N–H and O–H groups in total. The number of aromatic nitrogens is 3. The van der Waals surface area contributed by atoms with E-state index in [0.717, 1.165) is 41.2 Å². The molecular weight excluding hydrogens is 456 g/mol. The molecule has 1 aliphatic heterocycles. The van der Waals surface area contributed by atoms with E-state index < -0.39 is 0 Å². The normalized spacial score (nSPS) is 16.3. The Morgan fingerprint density at radius 1 is 1.24 bits per heavy atom. The van der Waals surface area contributed by atoms with E-state index in [1.165, 1.54) is 16.5 Å². The number of hydrogen-bond donors (Lipinski definition) is 0. The van der Waals surface area contributed by atoms with Gasteiger partial charge in [0.25, 0.3) is 11.1 Å². The zero-order valence-corrected chi connectivity index (χ0v) is 19.9. The summed E-state index contributed by atoms with van der Waals surface area (Å²) in [6.45, 7) is 3.69. The third-order valence-corrected chi connectivity index (χ3v) is 7.56. The van der Waals surface area contributed by atoms with Crippen LogP contribution in [-0.4, -0.2) is 44.8 Å². The highest BCUT2D eigenvalue weighted by Crippen LogP contribution is 2.33. The quantitative estimate of drug-likeness (QED) is 0.342. The molecule has 0 bridgehead atoms. The Morgan fingerprint density at radius 2 is 2.15 bits per heavy atom. The van der Waals surface area contributed by atoms with Crippen molar-refractivity contribution in [1.29, 1.82) is 0 Å². The van der Waals surface area contributed by atoms with E-state index in [4.69, 9.17) is 14.1 Å². The van der Waals surface area contributed by atoms with Crippen molar-refractivity contribution in [3.63, 3.8) is 0 Å². The molecule has 2 aromatic heterocycles. The van der Waals surface area contributed by atoms with Crippen LogP contribution >= 0.6 is 23.1 Å². The highest BCUT2D eigenvalue weighted by atomic mass is 32.2. The lowest BCUT2D eigenvalue weighted by atomic mass is 9.99. The average Bonchev–Trinajstić information content (AvgIpc) is 3.48. The summed E-state index contributed by atoms with van der Waals surface area (Å²) in [4.78, 5) is 19.6. The van der Waals surface area contributed by atoms with Crippen LogP contribution in [0.25, 0.3) is 10.2 Å². The number of carbonyl (C=O) groups excluding carboxylic acids is 1. The van der Waals surface area contributed by atoms with Gasteiger partial charge < -0.3 is 14.1 Å². The van der Waals surface area contributed by atoms with Gasteiger partial charge in [0, 0.05) is 19.0 Å². The van der Waals surface area contributed by atoms with Crippen molar-refractivity contribution < 1.29 is 13.9 Å². The first-order chi connectivity index (χ1) is 16.1. The topological polar surface area (TPSA) is 81.4 Å². The molecule has 0 radical (unpaired) electrons. The molecule has 1 unspecified atom stereocenters. The molecule has 1 fully saturated rings. The van der Waals surface area contributed by atoms with E-state index in [2.05, 4.69) is 16.3 Å². The largest absolute Gasteiger partial charge is 0.484 e. The molecule has 4 aromatic rings. The van der Waals surface area contributed by atoms with E-state index in [-0.39, 0.29) is 18.3 Å². The summed E-state index contributed by atoms with van der Waals surface area (Å²) in [6.07, 6.45) is 2.04. The summed E-state index contributed by atoms with van der Waals surface area (Å²) in [6, 6.07) is 16.0. The van der Waals surface area contributed by atoms with Crippen LogP contribution in [0.3, 0.4) is 0 Å². The Bertz CT molecular complexity index is 1220. The molecule has 5 rings (SSSR count). The summed E-state index contributed by atoms with van der Waals surface area (Å²) in [5.41, 5.74) is 2.16. The molecule has 1 aliphatic rings. The van der Waals surface area contributed by atoms with Crippen LogP contribution in [0.2, 0.25) is 0 Å². The molecule has 0 saturated carbocycles. The van der Waals surface area contributed by atoms with Gasteiger partial charge in [0.1, 0.15) is 5.75 Å². The lowest BCUT2D eigenvalue weighted by Gasteiger charge is -2.31. The first kappa shape index (κ1) is 21.9. The minimum Gasteiger partial charge on any atom is -0.484 e. The van der Waals surface area contributed by atoms with Crippen LogP contribution < -0.4 is 4.74 Å². The van der Waals surface area contributed by atoms with Crippen LogP contribution in [-0.2, 0) is 11.4 Å². The number of rotatable bonds is 7. The molecular formula is C24H24N4O3S2. The van der Waals surface area contributed by atoms with E-state index in [9.17, 15) is 4.79 Å². The van der Waals surface area contributed by atoms with E-state index in [0.29, 0.717) is 23.6 Å². The van der Waals surface area contributed by atoms with Gasteiger partial charge in [0.15, 0.2) is 6.61 Å². The summed E-state index contributed by atoms with van der Waals surface area (Å²) >= 11 is 3.00. The van der Waals surface area contributed by atoms with Crippen molar-refractivity contribution >= 4 is 39.2 Å². The van der Waals surface area contributed by atoms with Crippen molar-refractivity contribution in [2.45, 2.75) is 37.5 Å². The van der Waals surface area contributed by atoms with Crippen molar-refractivity contribution in [2.24, 2.45) is 0 Å². The molecule has 0 aliphatic carbocycles. The van der Waals surface area contributed by atoms with Gasteiger partial charge in [-0.15, -0.1) is 21.5 Å². The van der Waals surface area contributed by atoms with E-state index in [1.54, 1.807) is 11.3 Å². The van der Waals surface area contributed by atoms with Gasteiger partial charge in [-0.1, -0.05) is 36.0 Å². The first-order valence-corrected chi connectivity index (χ1v) is 12.7. The Kier molecular flexibility index (Phi) is 6.59. The molecule has 1 amide bonds. The zero-order chi connectivity index (χ0) is 22.6. The Labute approximate surface area is 200 Å². The number of benzene rings is 2. The molecule has 33 heavy (non-hydrogen) atoms. The maximum atomic E-state index is 12.8. The molecule has 0 spiro atoms. The number of carbonyl (C=O) groups is 1. The molecule has 3 heterocycles. The summed E-state index contributed by atoms with van der Waals surface area (Å²) < 4.78 is 12.5. The number of thioether (sulfide) groups is 1. The maximum Gasteiger partial charge on any atom is 0.277 e. The number of piperidine rings is 1. The third-order valence-electron chi connectivity index (χ3n) is 5.55. The lowest BCUT2D eigenvalue weighted by Crippen LogP contribution is -2.40. The van der Waals surface area contributed by atoms with Gasteiger partial charge in [-0.25, -0.2) is 4.98 Å². The highest BCUT2D eigenvalue weighted by Gasteiger charge is 2.27. The van der Waals surface area contributed by atoms with E-state index in [1.807, 2.05) is 54.3 Å². The standard InChI is InChI=1S/C24H24N4O3S2/c1-16-6-4-8-18(12-16)30-14-21-26-27-24(31-21)32-15-22(29)28-11-5-7-17(13-28)23-25-19-9-2-3-10-20(19)33-23/h2-4,6,8-10,12,17H,5,7,11,13-15H2,1H3. The van der Waals surface area contributed by atoms with Gasteiger partial charge in [-0.3, -0.25) is 4.79 Å². The predicted octanol–water partition coefficient (Wildman–Crippen LogP) is 5.07. The summed E-state index contributed by atoms with van der Waals surface area (Å²) in [5, 5.41) is 9.56. The number of ether oxygens (including phenoxy) is 1. The van der Waals surface area contributed by atoms with Gasteiger partial charge in [0.2, 0.25) is 5.91 Å². The molecule has 7 nitrogen and oxygen atoms in total. The fraction of sp³-hybridized carbons (Fsp3) is 0.333. The number of likely N-dealkylation sites (tertiary alicyclic amines) is 1. The SMILES string of the molecule is Cc1cccc(OCc2nnc(SCC(=O)N3CCCC(c4nc5ccccc5s4)C3)o2)c1. The number of thiazole rings is 1. The number of para-hydroxylation sites is 1. The second kappa shape index (κ2) is 9.93. The Balaban J connectivity index is 1.13. The van der Waals surface area contributed by atoms with Gasteiger partial charge in [0.05, 0.1) is 21.0 Å². The molecule has 9 heteroatoms. The van der Waals surface area contributed by atoms with Gasteiger partial charge >= 0.3 is 0 Å². The second-order valence-electron chi connectivity index (χ2n) is 8.05. The third kappa shape index (κ3) is 5.36. The van der Waals surface area contributed by atoms with Crippen molar-refractivity contribution in [2.75, 3.05) is 18.8 Å². The second-order valence-corrected chi connectivity index (χ2v) is 10.0. The van der Waals surface area contributed by atoms with Crippen molar-refractivity contribution in [1.82, 2.24) is 20.1 Å². The molecule has 1 saturated heterocycles. The fourth-order valence-corrected chi connectivity index (χ4v) is 5.67. The highest BCUT2D eigenvalue weighted by molar-refractivity contribution is 7.99. The number of hydrogen-bond acceptors (Lipinski definition) is 8. The minimum atomic E-state index is 0.0848. The molecule has 2 aromatic carbocycles. The zero-order valence-electron chi connectivity index (χ0n) is 18.3. The Hall–Kier alpha value is -2.91. The molecule has 1 atom stereocenters. The predicted molar refractivity (Wildman–Crippen MR) is 129 cm³/mol. The monoisotopic (exact) mass is 480 g/mol. The smallest absolute Gasteiger partial charge is 0.277 e. The van der Waals surface area contributed by atoms with Crippen LogP contribution in [0.1, 0.15) is 35.2 Å². The Morgan fingerprint density at radius 3 is 3.03 bits per heavy atom. The molecule has 170 valence electrons. The minimum absolute atomic E-state index is 0.0848. The fourth-order valence-electron chi connectivity index (χ4n) is 3.89. The number of nitrogens with zero attached hydrogens (tertiary/aromatic N) is 4. The van der Waals surface area contributed by atoms with Gasteiger partial charge in [-0.2, -0.15) is 0 Å². The van der Waals surface area contributed by atoms with Crippen LogP contribution in [0.15, 0.2) is 58.2 Å². The van der Waals surface area contributed by atoms with Crippen LogP contribution in [0, 0.1) is 6.92 Å². The maximum absolute atomic E-state index is 12.8. The average molecular weight is 481 g/mol. The number of aryl methyl sites for hydroxylation is 1. The summed E-state index contributed by atoms with van der Waals surface area (Å²) in [7, 11) is 0. The number of fused-ring (bicyclic) bond motifs is 1. The first-order valence-electron chi connectivity index (χ1n) is 10.9. The van der Waals surface area contributed by atoms with Gasteiger partial charge in [-0.05, 0) is 49.6 Å².